The van der Waals surface area contributed by atoms with Gasteiger partial charge in [-0.05, 0) is 31.2 Å². The van der Waals surface area contributed by atoms with Crippen molar-refractivity contribution in [3.63, 3.8) is 0 Å². The van der Waals surface area contributed by atoms with Gasteiger partial charge in [-0.1, -0.05) is 29.8 Å². The number of amides is 4. The first-order valence-electron chi connectivity index (χ1n) is 10.3. The van der Waals surface area contributed by atoms with Gasteiger partial charge in [-0.2, -0.15) is 0 Å². The first kappa shape index (κ1) is 18.2. The summed E-state index contributed by atoms with van der Waals surface area (Å²) in [5.41, 5.74) is 2.10. The maximum absolute atomic E-state index is 12.7. The van der Waals surface area contributed by atoms with E-state index in [9.17, 15) is 14.4 Å². The van der Waals surface area contributed by atoms with Crippen molar-refractivity contribution < 1.29 is 19.1 Å². The molecule has 7 nitrogen and oxygen atoms in total. The molecule has 4 unspecified atom stereocenters. The molecule has 0 aromatic heterocycles. The summed E-state index contributed by atoms with van der Waals surface area (Å²) in [6.07, 6.45) is 5.10. The number of imide groups is 1. The number of nitrogens with zero attached hydrogens (tertiary/aromatic N) is 2. The number of likely N-dealkylation sites (tertiary alicyclic amines) is 1. The van der Waals surface area contributed by atoms with Crippen LogP contribution in [0.15, 0.2) is 30.4 Å². The molecule has 4 aliphatic rings. The van der Waals surface area contributed by atoms with E-state index in [0.29, 0.717) is 19.7 Å². The minimum absolute atomic E-state index is 0.0707. The highest BCUT2D eigenvalue weighted by molar-refractivity contribution is 6.06. The summed E-state index contributed by atoms with van der Waals surface area (Å²) in [5.74, 6) is 0.723. The Balaban J connectivity index is 1.18. The van der Waals surface area contributed by atoms with Gasteiger partial charge in [0.05, 0.1) is 24.9 Å². The van der Waals surface area contributed by atoms with Gasteiger partial charge in [-0.25, -0.2) is 4.79 Å². The second-order valence-corrected chi connectivity index (χ2v) is 8.44. The minimum atomic E-state index is -0.205. The lowest BCUT2D eigenvalue weighted by Gasteiger charge is -2.22. The van der Waals surface area contributed by atoms with E-state index >= 15 is 0 Å². The number of urea groups is 1. The van der Waals surface area contributed by atoms with E-state index in [4.69, 9.17) is 4.74 Å². The molecule has 2 heterocycles. The van der Waals surface area contributed by atoms with Crippen LogP contribution < -0.4 is 10.1 Å². The van der Waals surface area contributed by atoms with Crippen LogP contribution >= 0.6 is 0 Å². The largest absolute Gasteiger partial charge is 0.491 e. The van der Waals surface area contributed by atoms with Gasteiger partial charge >= 0.3 is 6.03 Å². The number of rotatable bonds is 3. The minimum Gasteiger partial charge on any atom is -0.491 e. The van der Waals surface area contributed by atoms with E-state index in [-0.39, 0.29) is 54.6 Å². The van der Waals surface area contributed by atoms with Gasteiger partial charge in [-0.15, -0.1) is 0 Å². The predicted octanol–water partition coefficient (Wildman–Crippen LogP) is 1.71. The van der Waals surface area contributed by atoms with Gasteiger partial charge in [0.25, 0.3) is 0 Å². The fourth-order valence-electron chi connectivity index (χ4n) is 5.27. The number of ether oxygens (including phenoxy) is 1. The molecule has 152 valence electrons. The molecule has 1 saturated heterocycles. The monoisotopic (exact) mass is 395 g/mol. The van der Waals surface area contributed by atoms with Crippen LogP contribution in [0, 0.1) is 30.6 Å². The van der Waals surface area contributed by atoms with Crippen LogP contribution in [0.2, 0.25) is 0 Å². The molecule has 2 aliphatic carbocycles. The van der Waals surface area contributed by atoms with E-state index in [1.807, 2.05) is 25.1 Å². The van der Waals surface area contributed by atoms with Crippen LogP contribution in [-0.2, 0) is 16.1 Å². The van der Waals surface area contributed by atoms with E-state index in [1.165, 1.54) is 4.90 Å². The van der Waals surface area contributed by atoms with Gasteiger partial charge in [0.1, 0.15) is 12.4 Å². The molecule has 0 radical (unpaired) electrons. The zero-order valence-electron chi connectivity index (χ0n) is 16.5. The molecule has 1 aromatic carbocycles. The number of nitrogens with one attached hydrogen (secondary N) is 1. The Hall–Kier alpha value is -2.83. The molecule has 4 atom stereocenters. The van der Waals surface area contributed by atoms with Crippen LogP contribution in [0.3, 0.4) is 0 Å². The number of aryl methyl sites for hydroxylation is 1. The van der Waals surface area contributed by atoms with Gasteiger partial charge in [-0.3, -0.25) is 14.5 Å². The highest BCUT2D eigenvalue weighted by Crippen LogP contribution is 2.52. The second kappa shape index (κ2) is 6.90. The van der Waals surface area contributed by atoms with Crippen LogP contribution in [0.1, 0.15) is 17.5 Å². The Labute approximate surface area is 169 Å². The van der Waals surface area contributed by atoms with Crippen LogP contribution in [0.25, 0.3) is 0 Å². The van der Waals surface area contributed by atoms with E-state index < -0.39 is 0 Å². The fraction of sp³-hybridized carbons (Fsp3) is 0.500. The molecular formula is C22H25N3O4. The number of carbonyl (C=O) groups is 3. The number of allylic oxidation sites excluding steroid dienone is 2. The summed E-state index contributed by atoms with van der Waals surface area (Å²) in [4.78, 5) is 41.1. The third-order valence-electron chi connectivity index (χ3n) is 6.66. The summed E-state index contributed by atoms with van der Waals surface area (Å²) < 4.78 is 5.74. The molecular weight excluding hydrogens is 370 g/mol. The zero-order chi connectivity index (χ0) is 20.1. The average Bonchev–Trinajstić information content (AvgIpc) is 3.33. The molecule has 2 bridgehead atoms. The fourth-order valence-corrected chi connectivity index (χ4v) is 5.27. The van der Waals surface area contributed by atoms with Crippen LogP contribution in [-0.4, -0.2) is 53.9 Å². The van der Waals surface area contributed by atoms with Crippen LogP contribution in [0.4, 0.5) is 4.79 Å². The van der Waals surface area contributed by atoms with Crippen molar-refractivity contribution in [1.82, 2.24) is 15.1 Å². The lowest BCUT2D eigenvalue weighted by atomic mass is 9.85. The smallest absolute Gasteiger partial charge is 0.317 e. The topological polar surface area (TPSA) is 79.0 Å². The highest BCUT2D eigenvalue weighted by atomic mass is 16.5. The first-order chi connectivity index (χ1) is 14.0. The second-order valence-electron chi connectivity index (χ2n) is 8.44. The SMILES string of the molecule is Cc1ccc2c(c1)CN(C(=O)NCCN1C(=O)C3C4C=CC(C4)C3C1=O)CCO2. The van der Waals surface area contributed by atoms with Gasteiger partial charge in [0.15, 0.2) is 0 Å². The third-order valence-corrected chi connectivity index (χ3v) is 6.66. The summed E-state index contributed by atoms with van der Waals surface area (Å²) in [6, 6.07) is 5.76. The van der Waals surface area contributed by atoms with Crippen molar-refractivity contribution in [2.45, 2.75) is 19.9 Å². The molecule has 2 fully saturated rings. The normalized spacial score (nSPS) is 29.6. The molecule has 1 N–H and O–H groups in total. The predicted molar refractivity (Wildman–Crippen MR) is 105 cm³/mol. The number of carbonyl (C=O) groups excluding carboxylic acids is 3. The molecule has 1 saturated carbocycles. The number of benzene rings is 1. The Morgan fingerprint density at radius 1 is 1.17 bits per heavy atom. The standard InChI is InChI=1S/C22H25N3O4/c1-13-2-5-17-16(10-13)12-24(8-9-29-17)22(28)23-6-7-25-20(26)18-14-3-4-15(11-14)19(18)21(25)27/h2-5,10,14-15,18-19H,6-9,11-12H2,1H3,(H,23,28). The third kappa shape index (κ3) is 2.99. The Morgan fingerprint density at radius 3 is 2.62 bits per heavy atom. The maximum Gasteiger partial charge on any atom is 0.317 e. The first-order valence-corrected chi connectivity index (χ1v) is 10.3. The molecule has 1 aromatic rings. The Bertz CT molecular complexity index is 881. The lowest BCUT2D eigenvalue weighted by Crippen LogP contribution is -2.45. The molecule has 0 spiro atoms. The van der Waals surface area contributed by atoms with Crippen molar-refractivity contribution in [3.8, 4) is 5.75 Å². The molecule has 2 aliphatic heterocycles. The number of fused-ring (bicyclic) bond motifs is 6. The molecule has 4 amide bonds. The van der Waals surface area contributed by atoms with Crippen molar-refractivity contribution in [2.24, 2.45) is 23.7 Å². The molecule has 7 heteroatoms. The zero-order valence-corrected chi connectivity index (χ0v) is 16.5. The van der Waals surface area contributed by atoms with E-state index in [0.717, 1.165) is 23.3 Å². The molecule has 29 heavy (non-hydrogen) atoms. The maximum atomic E-state index is 12.7. The van der Waals surface area contributed by atoms with Gasteiger partial charge < -0.3 is 15.0 Å². The van der Waals surface area contributed by atoms with Crippen LogP contribution in [0.5, 0.6) is 5.75 Å². The van der Waals surface area contributed by atoms with Gasteiger partial charge in [0.2, 0.25) is 11.8 Å². The Kier molecular flexibility index (Phi) is 4.33. The molecule has 5 rings (SSSR count). The quantitative estimate of drug-likeness (QED) is 0.624. The van der Waals surface area contributed by atoms with Gasteiger partial charge in [0, 0.05) is 18.7 Å². The summed E-state index contributed by atoms with van der Waals surface area (Å²) in [5, 5.41) is 2.87. The van der Waals surface area contributed by atoms with E-state index in [2.05, 4.69) is 17.5 Å². The Morgan fingerprint density at radius 2 is 1.90 bits per heavy atom. The lowest BCUT2D eigenvalue weighted by molar-refractivity contribution is -0.140. The van der Waals surface area contributed by atoms with Crippen molar-refractivity contribution in [1.29, 1.82) is 0 Å². The summed E-state index contributed by atoms with van der Waals surface area (Å²) in [6.45, 7) is 3.90. The average molecular weight is 395 g/mol. The highest BCUT2D eigenvalue weighted by Gasteiger charge is 2.58. The number of hydrogen-bond donors (Lipinski definition) is 1. The van der Waals surface area contributed by atoms with Crippen molar-refractivity contribution in [2.75, 3.05) is 26.2 Å². The van der Waals surface area contributed by atoms with E-state index in [1.54, 1.807) is 4.90 Å². The van der Waals surface area contributed by atoms with Crippen molar-refractivity contribution >= 4 is 17.8 Å². The van der Waals surface area contributed by atoms with Crippen molar-refractivity contribution in [3.05, 3.63) is 41.5 Å². The summed E-state index contributed by atoms with van der Waals surface area (Å²) >= 11 is 0. The number of hydrogen-bond acceptors (Lipinski definition) is 4. The summed E-state index contributed by atoms with van der Waals surface area (Å²) in [7, 11) is 0.